The number of aryl methyl sites for hydroxylation is 3. The Morgan fingerprint density at radius 3 is 2.67 bits per heavy atom. The minimum Gasteiger partial charge on any atom is -0.309 e. The van der Waals surface area contributed by atoms with Gasteiger partial charge in [-0.1, -0.05) is 6.92 Å². The number of nitrogens with one attached hydrogen (secondary N) is 1. The highest BCUT2D eigenvalue weighted by Crippen LogP contribution is 2.21. The molecule has 1 unspecified atom stereocenters. The first-order chi connectivity index (χ1) is 8.60. The van der Waals surface area contributed by atoms with Gasteiger partial charge in [-0.05, 0) is 26.5 Å². The number of likely N-dealkylation sites (N-methyl/N-ethyl adjacent to an activating group) is 1. The third-order valence-corrected chi connectivity index (χ3v) is 3.88. The molecule has 2 aromatic heterocycles. The van der Waals surface area contributed by atoms with Crippen molar-refractivity contribution in [3.63, 3.8) is 0 Å². The summed E-state index contributed by atoms with van der Waals surface area (Å²) in [6, 6.07) is 2.43. The maximum atomic E-state index is 4.54. The van der Waals surface area contributed by atoms with E-state index >= 15 is 0 Å². The van der Waals surface area contributed by atoms with Gasteiger partial charge in [0.05, 0.1) is 22.4 Å². The molecule has 5 heteroatoms. The summed E-state index contributed by atoms with van der Waals surface area (Å²) in [6.45, 7) is 7.14. The maximum absolute atomic E-state index is 4.54. The molecule has 0 bridgehead atoms. The van der Waals surface area contributed by atoms with Gasteiger partial charge in [-0.2, -0.15) is 5.10 Å². The summed E-state index contributed by atoms with van der Waals surface area (Å²) in [5.74, 6) is 0. The zero-order valence-electron chi connectivity index (χ0n) is 11.4. The highest BCUT2D eigenvalue weighted by atomic mass is 32.1. The van der Waals surface area contributed by atoms with Crippen LogP contribution < -0.4 is 5.32 Å². The summed E-state index contributed by atoms with van der Waals surface area (Å²) >= 11 is 1.73. The predicted octanol–water partition coefficient (Wildman–Crippen LogP) is 2.39. The molecule has 0 aromatic carbocycles. The smallest absolute Gasteiger partial charge is 0.0947 e. The van der Waals surface area contributed by atoms with Crippen LogP contribution in [0.4, 0.5) is 0 Å². The molecule has 1 atom stereocenters. The molecule has 0 spiro atoms. The highest BCUT2D eigenvalue weighted by Gasteiger charge is 2.17. The first kappa shape index (κ1) is 13.2. The lowest BCUT2D eigenvalue weighted by atomic mass is 10.1. The van der Waals surface area contributed by atoms with Crippen molar-refractivity contribution in [3.05, 3.63) is 33.5 Å². The van der Waals surface area contributed by atoms with Crippen molar-refractivity contribution in [1.29, 1.82) is 0 Å². The van der Waals surface area contributed by atoms with E-state index in [1.165, 1.54) is 10.7 Å². The first-order valence-electron chi connectivity index (χ1n) is 6.25. The van der Waals surface area contributed by atoms with Crippen molar-refractivity contribution in [1.82, 2.24) is 20.1 Å². The highest BCUT2D eigenvalue weighted by molar-refractivity contribution is 7.09. The fourth-order valence-corrected chi connectivity index (χ4v) is 2.97. The van der Waals surface area contributed by atoms with Gasteiger partial charge in [-0.15, -0.1) is 11.3 Å². The molecule has 0 aliphatic carbocycles. The lowest BCUT2D eigenvalue weighted by molar-refractivity contribution is 0.506. The monoisotopic (exact) mass is 264 g/mol. The minimum atomic E-state index is 0.284. The van der Waals surface area contributed by atoms with Gasteiger partial charge in [0.2, 0.25) is 0 Å². The molecule has 0 aliphatic rings. The summed E-state index contributed by atoms with van der Waals surface area (Å²) in [4.78, 5) is 4.54. The summed E-state index contributed by atoms with van der Waals surface area (Å²) in [7, 11) is 2.00. The van der Waals surface area contributed by atoms with Gasteiger partial charge in [0.25, 0.3) is 0 Å². The van der Waals surface area contributed by atoms with Gasteiger partial charge >= 0.3 is 0 Å². The fourth-order valence-electron chi connectivity index (χ4n) is 2.16. The number of aromatic nitrogens is 3. The Morgan fingerprint density at radius 2 is 2.17 bits per heavy atom. The van der Waals surface area contributed by atoms with E-state index < -0.39 is 0 Å². The second kappa shape index (κ2) is 5.63. The Kier molecular flexibility index (Phi) is 4.14. The molecule has 4 nitrogen and oxygen atoms in total. The van der Waals surface area contributed by atoms with Crippen LogP contribution in [0, 0.1) is 13.8 Å². The fraction of sp³-hybridized carbons (Fsp3) is 0.538. The largest absolute Gasteiger partial charge is 0.309 e. The lowest BCUT2D eigenvalue weighted by Crippen LogP contribution is -2.25. The predicted molar refractivity (Wildman–Crippen MR) is 74.9 cm³/mol. The van der Waals surface area contributed by atoms with E-state index in [1.807, 2.05) is 25.6 Å². The molecular weight excluding hydrogens is 244 g/mol. The van der Waals surface area contributed by atoms with Crippen LogP contribution in [0.1, 0.15) is 35.1 Å². The molecule has 1 N–H and O–H groups in total. The molecule has 0 saturated heterocycles. The average molecular weight is 264 g/mol. The zero-order chi connectivity index (χ0) is 13.1. The van der Waals surface area contributed by atoms with Crippen LogP contribution in [0.5, 0.6) is 0 Å². The van der Waals surface area contributed by atoms with Gasteiger partial charge in [0, 0.05) is 24.5 Å². The molecule has 2 heterocycles. The molecule has 0 amide bonds. The van der Waals surface area contributed by atoms with Crippen LogP contribution in [0.25, 0.3) is 0 Å². The lowest BCUT2D eigenvalue weighted by Gasteiger charge is -2.16. The molecule has 0 saturated carbocycles. The molecule has 0 aliphatic heterocycles. The summed E-state index contributed by atoms with van der Waals surface area (Å²) in [5.41, 5.74) is 3.39. The third-order valence-electron chi connectivity index (χ3n) is 2.89. The molecule has 0 radical (unpaired) electrons. The van der Waals surface area contributed by atoms with Crippen molar-refractivity contribution in [3.8, 4) is 0 Å². The minimum absolute atomic E-state index is 0.284. The topological polar surface area (TPSA) is 42.7 Å². The van der Waals surface area contributed by atoms with E-state index in [4.69, 9.17) is 0 Å². The van der Waals surface area contributed by atoms with Gasteiger partial charge in [0.1, 0.15) is 0 Å². The van der Waals surface area contributed by atoms with Crippen LogP contribution in [0.15, 0.2) is 11.4 Å². The van der Waals surface area contributed by atoms with E-state index in [0.29, 0.717) is 0 Å². The van der Waals surface area contributed by atoms with Crippen molar-refractivity contribution in [2.45, 2.75) is 33.2 Å². The van der Waals surface area contributed by atoms with E-state index in [-0.39, 0.29) is 6.04 Å². The summed E-state index contributed by atoms with van der Waals surface area (Å²) < 4.78 is 1.96. The summed E-state index contributed by atoms with van der Waals surface area (Å²) in [5, 5.41) is 11.2. The molecule has 2 rings (SSSR count). The van der Waals surface area contributed by atoms with Gasteiger partial charge in [-0.25, -0.2) is 4.98 Å². The molecular formula is C13H20N4S. The molecule has 2 aromatic rings. The SMILES string of the molecule is CCNC(Cc1nc(C)cs1)c1cc(C)nn1C. The van der Waals surface area contributed by atoms with Crippen LogP contribution in [0.3, 0.4) is 0 Å². The molecule has 0 fully saturated rings. The van der Waals surface area contributed by atoms with Crippen molar-refractivity contribution >= 4 is 11.3 Å². The number of thiazole rings is 1. The quantitative estimate of drug-likeness (QED) is 0.901. The van der Waals surface area contributed by atoms with Crippen molar-refractivity contribution < 1.29 is 0 Å². The second-order valence-corrected chi connectivity index (χ2v) is 5.47. The van der Waals surface area contributed by atoms with Crippen LogP contribution in [-0.2, 0) is 13.5 Å². The molecule has 18 heavy (non-hydrogen) atoms. The number of rotatable bonds is 5. The first-order valence-corrected chi connectivity index (χ1v) is 7.13. The average Bonchev–Trinajstić information content (AvgIpc) is 2.84. The van der Waals surface area contributed by atoms with E-state index in [2.05, 4.69) is 33.8 Å². The van der Waals surface area contributed by atoms with Gasteiger partial charge < -0.3 is 5.32 Å². The number of hydrogen-bond acceptors (Lipinski definition) is 4. The van der Waals surface area contributed by atoms with Crippen LogP contribution in [-0.4, -0.2) is 21.3 Å². The maximum Gasteiger partial charge on any atom is 0.0947 e. The Labute approximate surface area is 112 Å². The number of nitrogens with zero attached hydrogens (tertiary/aromatic N) is 3. The van der Waals surface area contributed by atoms with E-state index in [0.717, 1.165) is 24.4 Å². The second-order valence-electron chi connectivity index (χ2n) is 4.53. The normalized spacial score (nSPS) is 12.9. The van der Waals surface area contributed by atoms with Gasteiger partial charge in [-0.3, -0.25) is 4.68 Å². The van der Waals surface area contributed by atoms with Crippen LogP contribution >= 0.6 is 11.3 Å². The standard InChI is InChI=1S/C13H20N4S/c1-5-14-11(7-13-15-10(3)8-18-13)12-6-9(2)16-17(12)4/h6,8,11,14H,5,7H2,1-4H3. The third kappa shape index (κ3) is 2.97. The Hall–Kier alpha value is -1.20. The van der Waals surface area contributed by atoms with E-state index in [9.17, 15) is 0 Å². The van der Waals surface area contributed by atoms with E-state index in [1.54, 1.807) is 11.3 Å². The Bertz CT molecular complexity index is 515. The Balaban J connectivity index is 2.20. The van der Waals surface area contributed by atoms with Crippen molar-refractivity contribution in [2.75, 3.05) is 6.54 Å². The molecule has 98 valence electrons. The number of hydrogen-bond donors (Lipinski definition) is 1. The van der Waals surface area contributed by atoms with Crippen LogP contribution in [0.2, 0.25) is 0 Å². The Morgan fingerprint density at radius 1 is 1.39 bits per heavy atom. The van der Waals surface area contributed by atoms with Crippen molar-refractivity contribution in [2.24, 2.45) is 7.05 Å². The summed E-state index contributed by atoms with van der Waals surface area (Å²) in [6.07, 6.45) is 0.922. The zero-order valence-corrected chi connectivity index (χ0v) is 12.2. The van der Waals surface area contributed by atoms with Gasteiger partial charge in [0.15, 0.2) is 0 Å².